The van der Waals surface area contributed by atoms with Gasteiger partial charge in [0.15, 0.2) is 11.6 Å². The summed E-state index contributed by atoms with van der Waals surface area (Å²) >= 11 is 0. The Bertz CT molecular complexity index is 683. The Balaban J connectivity index is 0.00000280. The second-order valence-corrected chi connectivity index (χ2v) is 7.20. The van der Waals surface area contributed by atoms with Gasteiger partial charge < -0.3 is 20.3 Å². The summed E-state index contributed by atoms with van der Waals surface area (Å²) in [6, 6.07) is 4.34. The van der Waals surface area contributed by atoms with Crippen molar-refractivity contribution in [3.63, 3.8) is 0 Å². The minimum atomic E-state index is -0.521. The summed E-state index contributed by atoms with van der Waals surface area (Å²) < 4.78 is 19.4. The quantitative estimate of drug-likeness (QED) is 0.751. The number of rotatable bonds is 6. The SMILES string of the molecule is CCOc1c(F)cccc1C(=O)N1CCCC(CNC(=O)C2CCCN2)C1.Cl. The van der Waals surface area contributed by atoms with Crippen molar-refractivity contribution in [2.45, 2.75) is 38.6 Å². The maximum atomic E-state index is 14.0. The number of nitrogens with one attached hydrogen (secondary N) is 2. The Morgan fingerprint density at radius 1 is 1.32 bits per heavy atom. The van der Waals surface area contributed by atoms with Gasteiger partial charge in [0.2, 0.25) is 5.91 Å². The molecule has 28 heavy (non-hydrogen) atoms. The molecule has 6 nitrogen and oxygen atoms in total. The molecule has 2 heterocycles. The first-order valence-corrected chi connectivity index (χ1v) is 9.81. The number of para-hydroxylation sites is 1. The normalized spacial score (nSPS) is 21.7. The van der Waals surface area contributed by atoms with Gasteiger partial charge in [-0.1, -0.05) is 6.07 Å². The van der Waals surface area contributed by atoms with Crippen molar-refractivity contribution in [3.8, 4) is 5.75 Å². The number of piperidine rings is 1. The topological polar surface area (TPSA) is 70.7 Å². The van der Waals surface area contributed by atoms with Crippen molar-refractivity contribution in [2.75, 3.05) is 32.8 Å². The van der Waals surface area contributed by atoms with Crippen molar-refractivity contribution in [3.05, 3.63) is 29.6 Å². The highest BCUT2D eigenvalue weighted by Crippen LogP contribution is 2.26. The maximum absolute atomic E-state index is 14.0. The van der Waals surface area contributed by atoms with E-state index in [1.165, 1.54) is 12.1 Å². The summed E-state index contributed by atoms with van der Waals surface area (Å²) in [5.74, 6) is -0.469. The number of halogens is 2. The zero-order valence-corrected chi connectivity index (χ0v) is 17.0. The zero-order valence-electron chi connectivity index (χ0n) is 16.2. The van der Waals surface area contributed by atoms with E-state index in [9.17, 15) is 14.0 Å². The molecule has 0 radical (unpaired) electrons. The number of carbonyl (C=O) groups is 2. The van der Waals surface area contributed by atoms with Gasteiger partial charge in [0.05, 0.1) is 18.2 Å². The molecule has 1 aromatic carbocycles. The highest BCUT2D eigenvalue weighted by Gasteiger charge is 2.28. The maximum Gasteiger partial charge on any atom is 0.257 e. The van der Waals surface area contributed by atoms with Crippen LogP contribution >= 0.6 is 12.4 Å². The van der Waals surface area contributed by atoms with Crippen LogP contribution in [-0.2, 0) is 4.79 Å². The van der Waals surface area contributed by atoms with Crippen LogP contribution in [0, 0.1) is 11.7 Å². The Morgan fingerprint density at radius 2 is 2.14 bits per heavy atom. The zero-order chi connectivity index (χ0) is 19.2. The van der Waals surface area contributed by atoms with Gasteiger partial charge in [-0.2, -0.15) is 0 Å². The van der Waals surface area contributed by atoms with Crippen LogP contribution in [0.2, 0.25) is 0 Å². The van der Waals surface area contributed by atoms with E-state index in [1.54, 1.807) is 17.9 Å². The second kappa shape index (κ2) is 10.6. The summed E-state index contributed by atoms with van der Waals surface area (Å²) in [4.78, 5) is 26.8. The molecule has 0 bridgehead atoms. The number of nitrogens with zero attached hydrogens (tertiary/aromatic N) is 1. The van der Waals surface area contributed by atoms with Crippen molar-refractivity contribution >= 4 is 24.2 Å². The minimum Gasteiger partial charge on any atom is -0.490 e. The predicted molar refractivity (Wildman–Crippen MR) is 107 cm³/mol. The molecule has 2 unspecified atom stereocenters. The van der Waals surface area contributed by atoms with Crippen LogP contribution in [0.1, 0.15) is 43.0 Å². The Kier molecular flexibility index (Phi) is 8.51. The molecule has 3 rings (SSSR count). The van der Waals surface area contributed by atoms with Gasteiger partial charge in [-0.05, 0) is 57.2 Å². The first kappa shape index (κ1) is 22.4. The van der Waals surface area contributed by atoms with Crippen LogP contribution in [-0.4, -0.2) is 55.5 Å². The lowest BCUT2D eigenvalue weighted by Gasteiger charge is -2.33. The molecule has 1 aromatic rings. The van der Waals surface area contributed by atoms with Crippen LogP contribution in [0.4, 0.5) is 4.39 Å². The molecule has 2 atom stereocenters. The molecule has 0 aromatic heterocycles. The van der Waals surface area contributed by atoms with E-state index in [-0.39, 0.29) is 47.5 Å². The van der Waals surface area contributed by atoms with Gasteiger partial charge in [0.1, 0.15) is 0 Å². The van der Waals surface area contributed by atoms with Crippen LogP contribution in [0.3, 0.4) is 0 Å². The van der Waals surface area contributed by atoms with Gasteiger partial charge in [-0.15, -0.1) is 12.4 Å². The van der Waals surface area contributed by atoms with E-state index in [1.807, 2.05) is 0 Å². The highest BCUT2D eigenvalue weighted by molar-refractivity contribution is 5.97. The molecule has 0 saturated carbocycles. The van der Waals surface area contributed by atoms with Crippen LogP contribution < -0.4 is 15.4 Å². The molecule has 2 aliphatic rings. The molecule has 156 valence electrons. The van der Waals surface area contributed by atoms with Crippen molar-refractivity contribution in [1.29, 1.82) is 0 Å². The minimum absolute atomic E-state index is 0. The molecule has 2 aliphatic heterocycles. The average molecular weight is 414 g/mol. The lowest BCUT2D eigenvalue weighted by molar-refractivity contribution is -0.123. The number of likely N-dealkylation sites (tertiary alicyclic amines) is 1. The predicted octanol–water partition coefficient (Wildman–Crippen LogP) is 2.37. The summed E-state index contributed by atoms with van der Waals surface area (Å²) in [6.45, 7) is 4.70. The third-order valence-electron chi connectivity index (χ3n) is 5.23. The van der Waals surface area contributed by atoms with Gasteiger partial charge >= 0.3 is 0 Å². The molecule has 0 spiro atoms. The van der Waals surface area contributed by atoms with Gasteiger partial charge in [-0.3, -0.25) is 9.59 Å². The van der Waals surface area contributed by atoms with Gasteiger partial charge in [0.25, 0.3) is 5.91 Å². The molecule has 2 amide bonds. The number of hydrogen-bond donors (Lipinski definition) is 2. The third kappa shape index (κ3) is 5.35. The van der Waals surface area contributed by atoms with E-state index in [0.717, 1.165) is 32.2 Å². The lowest BCUT2D eigenvalue weighted by atomic mass is 9.97. The molecule has 0 aliphatic carbocycles. The van der Waals surface area contributed by atoms with Crippen LogP contribution in [0.15, 0.2) is 18.2 Å². The van der Waals surface area contributed by atoms with E-state index in [4.69, 9.17) is 4.74 Å². The fourth-order valence-electron chi connectivity index (χ4n) is 3.83. The van der Waals surface area contributed by atoms with Crippen LogP contribution in [0.25, 0.3) is 0 Å². The highest BCUT2D eigenvalue weighted by atomic mass is 35.5. The molecule has 2 saturated heterocycles. The average Bonchev–Trinajstić information content (AvgIpc) is 3.22. The fourth-order valence-corrected chi connectivity index (χ4v) is 3.83. The summed E-state index contributed by atoms with van der Waals surface area (Å²) in [5, 5.41) is 6.20. The molecule has 2 fully saturated rings. The number of ether oxygens (including phenoxy) is 1. The van der Waals surface area contributed by atoms with E-state index >= 15 is 0 Å². The van der Waals surface area contributed by atoms with Crippen molar-refractivity contribution in [1.82, 2.24) is 15.5 Å². The first-order valence-electron chi connectivity index (χ1n) is 9.81. The Hall–Kier alpha value is -1.86. The number of hydrogen-bond acceptors (Lipinski definition) is 4. The van der Waals surface area contributed by atoms with Gasteiger partial charge in [0, 0.05) is 19.6 Å². The fraction of sp³-hybridized carbons (Fsp3) is 0.600. The monoisotopic (exact) mass is 413 g/mol. The smallest absolute Gasteiger partial charge is 0.257 e. The van der Waals surface area contributed by atoms with E-state index in [2.05, 4.69) is 10.6 Å². The number of carbonyl (C=O) groups excluding carboxylic acids is 2. The standard InChI is InChI=1S/C20H28FN3O3.ClH/c1-2-27-18-15(7-3-8-16(18)21)20(26)24-11-5-6-14(13-24)12-23-19(25)17-9-4-10-22-17;/h3,7-8,14,17,22H,2,4-6,9-13H2,1H3,(H,23,25);1H. The summed E-state index contributed by atoms with van der Waals surface area (Å²) in [6.07, 6.45) is 3.73. The van der Waals surface area contributed by atoms with Crippen LogP contribution in [0.5, 0.6) is 5.75 Å². The summed E-state index contributed by atoms with van der Waals surface area (Å²) in [7, 11) is 0. The number of amides is 2. The number of benzene rings is 1. The van der Waals surface area contributed by atoms with E-state index < -0.39 is 5.82 Å². The second-order valence-electron chi connectivity index (χ2n) is 7.20. The molecule has 8 heteroatoms. The first-order chi connectivity index (χ1) is 13.1. The van der Waals surface area contributed by atoms with E-state index in [0.29, 0.717) is 26.2 Å². The lowest BCUT2D eigenvalue weighted by Crippen LogP contribution is -2.46. The van der Waals surface area contributed by atoms with Crippen molar-refractivity contribution in [2.24, 2.45) is 5.92 Å². The van der Waals surface area contributed by atoms with Gasteiger partial charge in [-0.25, -0.2) is 4.39 Å². The Labute approximate surface area is 171 Å². The third-order valence-corrected chi connectivity index (χ3v) is 5.23. The summed E-state index contributed by atoms with van der Waals surface area (Å²) in [5.41, 5.74) is 0.261. The Morgan fingerprint density at radius 3 is 2.86 bits per heavy atom. The molecule has 2 N–H and O–H groups in total. The van der Waals surface area contributed by atoms with Crippen molar-refractivity contribution < 1.29 is 18.7 Å². The molecular formula is C20H29ClFN3O3. The largest absolute Gasteiger partial charge is 0.490 e. The molecular weight excluding hydrogens is 385 g/mol.